The van der Waals surface area contributed by atoms with Crippen molar-refractivity contribution in [3.05, 3.63) is 29.8 Å². The smallest absolute Gasteiger partial charge is 0.387 e. The van der Waals surface area contributed by atoms with E-state index in [4.69, 9.17) is 0 Å². The van der Waals surface area contributed by atoms with Gasteiger partial charge in [0, 0.05) is 6.04 Å². The van der Waals surface area contributed by atoms with E-state index in [1.54, 1.807) is 6.07 Å². The van der Waals surface area contributed by atoms with Crippen LogP contribution in [0.1, 0.15) is 48.9 Å². The normalized spacial score (nSPS) is 15.6. The summed E-state index contributed by atoms with van der Waals surface area (Å²) in [6, 6.07) is 5.83. The summed E-state index contributed by atoms with van der Waals surface area (Å²) in [5.41, 5.74) is -0.0277. The highest BCUT2D eigenvalue weighted by Crippen LogP contribution is 2.20. The number of para-hydroxylation sites is 1. The maximum absolute atomic E-state index is 12.4. The van der Waals surface area contributed by atoms with E-state index in [1.807, 2.05) is 0 Å². The van der Waals surface area contributed by atoms with Gasteiger partial charge in [0.1, 0.15) is 5.75 Å². The van der Waals surface area contributed by atoms with Crippen LogP contribution in [0.15, 0.2) is 24.3 Å². The van der Waals surface area contributed by atoms with Gasteiger partial charge in [-0.25, -0.2) is 0 Å². The molecule has 0 spiro atoms. The molecule has 0 heterocycles. The van der Waals surface area contributed by atoms with E-state index in [9.17, 15) is 18.4 Å². The Bertz CT molecular complexity index is 559. The zero-order valence-corrected chi connectivity index (χ0v) is 13.4. The Kier molecular flexibility index (Phi) is 6.96. The number of hydrogen-bond donors (Lipinski definition) is 2. The van der Waals surface area contributed by atoms with Gasteiger partial charge in [0.05, 0.1) is 12.1 Å². The van der Waals surface area contributed by atoms with Crippen molar-refractivity contribution in [3.8, 4) is 5.75 Å². The fraction of sp³-hybridized carbons (Fsp3) is 0.529. The Hall–Kier alpha value is -2.18. The summed E-state index contributed by atoms with van der Waals surface area (Å²) in [5, 5.41) is 5.35. The van der Waals surface area contributed by atoms with Gasteiger partial charge in [-0.05, 0) is 25.0 Å². The first-order chi connectivity index (χ1) is 11.6. The van der Waals surface area contributed by atoms with Crippen LogP contribution in [0.25, 0.3) is 0 Å². The molecule has 24 heavy (non-hydrogen) atoms. The summed E-state index contributed by atoms with van der Waals surface area (Å²) < 4.78 is 29.0. The molecule has 0 radical (unpaired) electrons. The number of hydrogen-bond acceptors (Lipinski definition) is 3. The average Bonchev–Trinajstić information content (AvgIpc) is 2.81. The van der Waals surface area contributed by atoms with Gasteiger partial charge >= 0.3 is 6.61 Å². The number of halogens is 2. The molecule has 0 aromatic heterocycles. The molecule has 0 bridgehead atoms. The van der Waals surface area contributed by atoms with E-state index in [2.05, 4.69) is 15.4 Å². The highest BCUT2D eigenvalue weighted by molar-refractivity contribution is 5.98. The summed E-state index contributed by atoms with van der Waals surface area (Å²) in [6.45, 7) is -3.21. The Labute approximate surface area is 139 Å². The van der Waals surface area contributed by atoms with Crippen LogP contribution in [0.2, 0.25) is 0 Å². The van der Waals surface area contributed by atoms with E-state index >= 15 is 0 Å². The lowest BCUT2D eigenvalue weighted by molar-refractivity contribution is -0.120. The van der Waals surface area contributed by atoms with E-state index in [0.717, 1.165) is 25.7 Å². The van der Waals surface area contributed by atoms with Crippen molar-refractivity contribution in [1.29, 1.82) is 0 Å². The standard InChI is InChI=1S/C17H22F2N2O3/c18-17(19)24-14-10-6-5-9-13(14)16(23)20-11-15(22)21-12-7-3-1-2-4-8-12/h5-6,9-10,12,17H,1-4,7-8,11H2,(H,20,23)(H,21,22). The molecule has 2 rings (SSSR count). The quantitative estimate of drug-likeness (QED) is 0.783. The lowest BCUT2D eigenvalue weighted by atomic mass is 10.1. The highest BCUT2D eigenvalue weighted by atomic mass is 19.3. The minimum absolute atomic E-state index is 0.0277. The van der Waals surface area contributed by atoms with Crippen LogP contribution in [-0.4, -0.2) is 31.0 Å². The topological polar surface area (TPSA) is 67.4 Å². The second-order valence-electron chi connectivity index (χ2n) is 5.81. The number of benzene rings is 1. The van der Waals surface area contributed by atoms with E-state index in [1.165, 1.54) is 31.0 Å². The van der Waals surface area contributed by atoms with Crippen LogP contribution in [0, 0.1) is 0 Å². The van der Waals surface area contributed by atoms with Gasteiger partial charge in [0.2, 0.25) is 5.91 Å². The zero-order valence-electron chi connectivity index (χ0n) is 13.4. The number of alkyl halides is 2. The maximum atomic E-state index is 12.4. The third kappa shape index (κ3) is 5.79. The molecule has 0 atom stereocenters. The van der Waals surface area contributed by atoms with Gasteiger partial charge in [-0.15, -0.1) is 0 Å². The molecule has 7 heteroatoms. The van der Waals surface area contributed by atoms with Crippen LogP contribution in [0.3, 0.4) is 0 Å². The molecule has 1 saturated carbocycles. The molecule has 1 aliphatic carbocycles. The van der Waals surface area contributed by atoms with Gasteiger partial charge in [0.25, 0.3) is 5.91 Å². The average molecular weight is 340 g/mol. The fourth-order valence-electron chi connectivity index (χ4n) is 2.81. The molecule has 0 aliphatic heterocycles. The number of nitrogens with one attached hydrogen (secondary N) is 2. The second-order valence-corrected chi connectivity index (χ2v) is 5.81. The van der Waals surface area contributed by atoms with E-state index < -0.39 is 12.5 Å². The highest BCUT2D eigenvalue weighted by Gasteiger charge is 2.18. The Morgan fingerprint density at radius 2 is 1.79 bits per heavy atom. The van der Waals surface area contributed by atoms with Crippen LogP contribution in [-0.2, 0) is 4.79 Å². The first-order valence-electron chi connectivity index (χ1n) is 8.17. The third-order valence-electron chi connectivity index (χ3n) is 3.98. The summed E-state index contributed by atoms with van der Waals surface area (Å²) in [7, 11) is 0. The first kappa shape index (κ1) is 18.2. The minimum Gasteiger partial charge on any atom is -0.434 e. The number of carbonyl (C=O) groups is 2. The molecular weight excluding hydrogens is 318 g/mol. The van der Waals surface area contributed by atoms with Crippen molar-refractivity contribution in [2.45, 2.75) is 51.2 Å². The SMILES string of the molecule is O=C(CNC(=O)c1ccccc1OC(F)F)NC1CCCCCC1. The number of amides is 2. The van der Waals surface area contributed by atoms with Gasteiger partial charge in [-0.1, -0.05) is 37.8 Å². The second kappa shape index (κ2) is 9.20. The molecule has 1 fully saturated rings. The molecule has 1 aliphatic rings. The maximum Gasteiger partial charge on any atom is 0.387 e. The predicted molar refractivity (Wildman–Crippen MR) is 85.0 cm³/mol. The van der Waals surface area contributed by atoms with Crippen molar-refractivity contribution in [2.75, 3.05) is 6.54 Å². The monoisotopic (exact) mass is 340 g/mol. The fourth-order valence-corrected chi connectivity index (χ4v) is 2.81. The van der Waals surface area contributed by atoms with Crippen molar-refractivity contribution in [1.82, 2.24) is 10.6 Å². The molecule has 5 nitrogen and oxygen atoms in total. The van der Waals surface area contributed by atoms with Gasteiger partial charge in [-0.2, -0.15) is 8.78 Å². The van der Waals surface area contributed by atoms with E-state index in [0.29, 0.717) is 0 Å². The Morgan fingerprint density at radius 3 is 2.46 bits per heavy atom. The van der Waals surface area contributed by atoms with Crippen molar-refractivity contribution < 1.29 is 23.1 Å². The first-order valence-corrected chi connectivity index (χ1v) is 8.17. The number of rotatable bonds is 6. The third-order valence-corrected chi connectivity index (χ3v) is 3.98. The van der Waals surface area contributed by atoms with Crippen LogP contribution in [0.4, 0.5) is 8.78 Å². The molecule has 1 aromatic rings. The summed E-state index contributed by atoms with van der Waals surface area (Å²) >= 11 is 0. The lowest BCUT2D eigenvalue weighted by Gasteiger charge is -2.16. The van der Waals surface area contributed by atoms with Crippen LogP contribution < -0.4 is 15.4 Å². The van der Waals surface area contributed by atoms with Crippen LogP contribution in [0.5, 0.6) is 5.75 Å². The summed E-state index contributed by atoms with van der Waals surface area (Å²) in [6.07, 6.45) is 6.45. The Balaban J connectivity index is 1.85. The van der Waals surface area contributed by atoms with Gasteiger partial charge < -0.3 is 15.4 Å². The molecule has 0 unspecified atom stereocenters. The zero-order chi connectivity index (χ0) is 17.4. The summed E-state index contributed by atoms with van der Waals surface area (Å²) in [5.74, 6) is -1.11. The van der Waals surface area contributed by atoms with Crippen molar-refractivity contribution in [2.24, 2.45) is 0 Å². The largest absolute Gasteiger partial charge is 0.434 e. The molecule has 2 N–H and O–H groups in total. The molecule has 132 valence electrons. The lowest BCUT2D eigenvalue weighted by Crippen LogP contribution is -2.41. The summed E-state index contributed by atoms with van der Waals surface area (Å²) in [4.78, 5) is 24.0. The van der Waals surface area contributed by atoms with Crippen molar-refractivity contribution >= 4 is 11.8 Å². The molecule has 0 saturated heterocycles. The van der Waals surface area contributed by atoms with E-state index in [-0.39, 0.29) is 29.8 Å². The number of carbonyl (C=O) groups excluding carboxylic acids is 2. The molecular formula is C17H22F2N2O3. The van der Waals surface area contributed by atoms with Gasteiger partial charge in [0.15, 0.2) is 0 Å². The molecule has 1 aromatic carbocycles. The van der Waals surface area contributed by atoms with Crippen molar-refractivity contribution in [3.63, 3.8) is 0 Å². The predicted octanol–water partition coefficient (Wildman–Crippen LogP) is 2.86. The van der Waals surface area contributed by atoms with Gasteiger partial charge in [-0.3, -0.25) is 9.59 Å². The Morgan fingerprint density at radius 1 is 1.12 bits per heavy atom. The minimum atomic E-state index is -3.02. The number of ether oxygens (including phenoxy) is 1. The van der Waals surface area contributed by atoms with Crippen LogP contribution >= 0.6 is 0 Å². The molecule has 2 amide bonds.